The third kappa shape index (κ3) is 4.63. The molecule has 1 aromatic heterocycles. The summed E-state index contributed by atoms with van der Waals surface area (Å²) in [6.07, 6.45) is 2.95. The minimum Gasteiger partial charge on any atom is -0.383 e. The van der Waals surface area contributed by atoms with Crippen LogP contribution in [0.4, 0.5) is 5.82 Å². The molecule has 7 nitrogen and oxygen atoms in total. The van der Waals surface area contributed by atoms with Crippen molar-refractivity contribution < 1.29 is 9.53 Å². The fourth-order valence-electron chi connectivity index (χ4n) is 4.62. The Morgan fingerprint density at radius 2 is 1.94 bits per heavy atom. The lowest BCUT2D eigenvalue weighted by molar-refractivity contribution is -0.122. The van der Waals surface area contributed by atoms with Crippen LogP contribution < -0.4 is 10.5 Å². The summed E-state index contributed by atoms with van der Waals surface area (Å²) in [6, 6.07) is 2.08. The summed E-state index contributed by atoms with van der Waals surface area (Å²) in [7, 11) is 1.58. The first-order chi connectivity index (χ1) is 15.2. The van der Waals surface area contributed by atoms with Crippen LogP contribution in [0.15, 0.2) is 9.70 Å². The highest BCUT2D eigenvalue weighted by Crippen LogP contribution is 2.37. The molecule has 1 amide bonds. The Morgan fingerprint density at radius 1 is 1.28 bits per heavy atom. The average molecular weight is 475 g/mol. The van der Waals surface area contributed by atoms with Gasteiger partial charge in [-0.2, -0.15) is 5.26 Å². The maximum absolute atomic E-state index is 13.1. The Morgan fingerprint density at radius 3 is 2.50 bits per heavy atom. The van der Waals surface area contributed by atoms with E-state index in [1.807, 2.05) is 13.0 Å². The Labute approximate surface area is 199 Å². The van der Waals surface area contributed by atoms with Crippen LogP contribution in [0.5, 0.6) is 0 Å². The molecule has 32 heavy (non-hydrogen) atoms. The van der Waals surface area contributed by atoms with E-state index in [0.717, 1.165) is 30.9 Å². The molecule has 2 atom stereocenters. The number of methoxy groups -OCH3 is 1. The second-order valence-corrected chi connectivity index (χ2v) is 10.3. The lowest BCUT2D eigenvalue weighted by atomic mass is 9.91. The number of ether oxygens (including phenoxy) is 1. The number of anilines is 1. The second kappa shape index (κ2) is 10.2. The van der Waals surface area contributed by atoms with E-state index in [0.29, 0.717) is 46.3 Å². The Balaban J connectivity index is 2.20. The first-order valence-corrected chi connectivity index (χ1v) is 12.1. The zero-order valence-corrected chi connectivity index (χ0v) is 20.9. The fraction of sp³-hybridized carbons (Fsp3) is 0.565. The predicted octanol–water partition coefficient (Wildman–Crippen LogP) is 3.38. The number of aromatic nitrogens is 1. The van der Waals surface area contributed by atoms with Crippen LogP contribution in [0, 0.1) is 30.1 Å². The molecule has 0 N–H and O–H groups in total. The Kier molecular flexibility index (Phi) is 7.80. The molecule has 2 aliphatic rings. The summed E-state index contributed by atoms with van der Waals surface area (Å²) in [5.41, 5.74) is 1.19. The van der Waals surface area contributed by atoms with E-state index < -0.39 is 0 Å². The zero-order chi connectivity index (χ0) is 23.6. The van der Waals surface area contributed by atoms with Crippen molar-refractivity contribution in [1.29, 1.82) is 5.26 Å². The quantitative estimate of drug-likeness (QED) is 0.462. The van der Waals surface area contributed by atoms with Crippen LogP contribution >= 0.6 is 24.0 Å². The maximum atomic E-state index is 13.1. The molecule has 0 radical (unpaired) electrons. The summed E-state index contributed by atoms with van der Waals surface area (Å²) in [5.74, 6) is 1.58. The van der Waals surface area contributed by atoms with Gasteiger partial charge in [0.2, 0.25) is 0 Å². The van der Waals surface area contributed by atoms with Crippen molar-refractivity contribution in [1.82, 2.24) is 9.47 Å². The molecule has 2 aliphatic heterocycles. The highest BCUT2D eigenvalue weighted by molar-refractivity contribution is 8.26. The number of thiocarbonyl (C=S) groups is 1. The largest absolute Gasteiger partial charge is 0.383 e. The third-order valence-electron chi connectivity index (χ3n) is 6.00. The van der Waals surface area contributed by atoms with Crippen LogP contribution in [-0.4, -0.2) is 53.0 Å². The van der Waals surface area contributed by atoms with Crippen molar-refractivity contribution in [3.63, 3.8) is 0 Å². The maximum Gasteiger partial charge on any atom is 0.270 e. The van der Waals surface area contributed by atoms with Crippen LogP contribution in [0.2, 0.25) is 0 Å². The predicted molar refractivity (Wildman–Crippen MR) is 133 cm³/mol. The number of piperidine rings is 1. The number of pyridine rings is 1. The Hall–Kier alpha value is -2.15. The van der Waals surface area contributed by atoms with Crippen molar-refractivity contribution in [2.45, 2.75) is 40.7 Å². The topological polar surface area (TPSA) is 78.6 Å². The second-order valence-electron chi connectivity index (χ2n) is 8.58. The van der Waals surface area contributed by atoms with E-state index in [4.69, 9.17) is 17.0 Å². The molecule has 3 rings (SSSR count). The lowest BCUT2D eigenvalue weighted by Gasteiger charge is -2.38. The summed E-state index contributed by atoms with van der Waals surface area (Å²) >= 11 is 6.67. The number of nitriles is 1. The first kappa shape index (κ1) is 24.5. The van der Waals surface area contributed by atoms with Gasteiger partial charge >= 0.3 is 0 Å². The van der Waals surface area contributed by atoms with Crippen molar-refractivity contribution in [2.75, 3.05) is 38.3 Å². The van der Waals surface area contributed by atoms with Gasteiger partial charge in [0.15, 0.2) is 0 Å². The number of nitrogens with zero attached hydrogens (tertiary/aromatic N) is 4. The molecule has 2 saturated heterocycles. The number of thioether (sulfide) groups is 1. The van der Waals surface area contributed by atoms with Gasteiger partial charge in [-0.15, -0.1) is 0 Å². The third-order valence-corrected chi connectivity index (χ3v) is 7.38. The van der Waals surface area contributed by atoms with Gasteiger partial charge in [0.25, 0.3) is 11.5 Å². The average Bonchev–Trinajstić information content (AvgIpc) is 3.00. The number of carbonyl (C=O) groups is 1. The molecular formula is C23H30N4O3S2. The lowest BCUT2D eigenvalue weighted by Crippen LogP contribution is -2.42. The molecule has 0 aliphatic carbocycles. The Bertz CT molecular complexity index is 1050. The van der Waals surface area contributed by atoms with E-state index in [-0.39, 0.29) is 17.0 Å². The van der Waals surface area contributed by atoms with Gasteiger partial charge in [-0.25, -0.2) is 0 Å². The first-order valence-electron chi connectivity index (χ1n) is 10.9. The minimum atomic E-state index is -0.279. The molecule has 0 bridgehead atoms. The van der Waals surface area contributed by atoms with E-state index in [9.17, 15) is 14.9 Å². The van der Waals surface area contributed by atoms with Gasteiger partial charge in [0.05, 0.1) is 18.1 Å². The molecule has 2 fully saturated rings. The van der Waals surface area contributed by atoms with Crippen molar-refractivity contribution in [3.05, 3.63) is 31.9 Å². The molecule has 0 saturated carbocycles. The number of hydrogen-bond acceptors (Lipinski definition) is 7. The van der Waals surface area contributed by atoms with Crippen LogP contribution in [0.3, 0.4) is 0 Å². The van der Waals surface area contributed by atoms with E-state index in [1.54, 1.807) is 18.6 Å². The minimum absolute atomic E-state index is 0.120. The zero-order valence-electron chi connectivity index (χ0n) is 19.3. The van der Waals surface area contributed by atoms with Crippen LogP contribution in [-0.2, 0) is 16.1 Å². The van der Waals surface area contributed by atoms with Gasteiger partial charge in [0, 0.05) is 32.3 Å². The molecule has 3 heterocycles. The van der Waals surface area contributed by atoms with Gasteiger partial charge < -0.3 is 9.64 Å². The smallest absolute Gasteiger partial charge is 0.270 e. The number of hydrogen-bond donors (Lipinski definition) is 0. The molecule has 172 valence electrons. The highest BCUT2D eigenvalue weighted by atomic mass is 32.2. The SMILES string of the molecule is CCn1c(N2CC(C)CC(C)C2)c(/C=C2/SC(=S)N(CCOC)C2=O)c(C)c(C#N)c1=O. The number of carbonyl (C=O) groups excluding carboxylic acids is 1. The molecule has 9 heteroatoms. The van der Waals surface area contributed by atoms with E-state index in [1.165, 1.54) is 16.7 Å². The van der Waals surface area contributed by atoms with Gasteiger partial charge in [-0.3, -0.25) is 19.1 Å². The fourth-order valence-corrected chi connectivity index (χ4v) is 5.91. The van der Waals surface area contributed by atoms with E-state index >= 15 is 0 Å². The standard InChI is InChI=1S/C23H30N4O3S2/c1-6-26-20(25-12-14(2)9-15(3)13-25)17(16(4)18(11-24)21(26)28)10-19-22(29)27(7-8-30-5)23(31)32-19/h10,14-15H,6-9,12-13H2,1-5H3/b19-10+. The summed E-state index contributed by atoms with van der Waals surface area (Å²) < 4.78 is 7.26. The van der Waals surface area contributed by atoms with Crippen molar-refractivity contribution in [2.24, 2.45) is 11.8 Å². The van der Waals surface area contributed by atoms with E-state index in [2.05, 4.69) is 24.8 Å². The summed E-state index contributed by atoms with van der Waals surface area (Å²) in [5, 5.41) is 9.71. The van der Waals surface area contributed by atoms with Crippen molar-refractivity contribution in [3.8, 4) is 6.07 Å². The van der Waals surface area contributed by atoms with Crippen molar-refractivity contribution >= 4 is 46.1 Å². The normalized spacial score (nSPS) is 22.7. The molecule has 0 spiro atoms. The van der Waals surface area contributed by atoms with Crippen LogP contribution in [0.25, 0.3) is 6.08 Å². The summed E-state index contributed by atoms with van der Waals surface area (Å²) in [4.78, 5) is 30.5. The molecule has 1 aromatic rings. The van der Waals surface area contributed by atoms with Gasteiger partial charge in [-0.1, -0.05) is 37.8 Å². The van der Waals surface area contributed by atoms with Crippen LogP contribution in [0.1, 0.15) is 43.9 Å². The van der Waals surface area contributed by atoms with Gasteiger partial charge in [0.1, 0.15) is 21.8 Å². The number of rotatable bonds is 6. The van der Waals surface area contributed by atoms with Gasteiger partial charge in [-0.05, 0) is 43.7 Å². The molecule has 2 unspecified atom stereocenters. The molecular weight excluding hydrogens is 444 g/mol. The molecule has 0 aromatic carbocycles. The monoisotopic (exact) mass is 474 g/mol. The highest BCUT2D eigenvalue weighted by Gasteiger charge is 2.33. The summed E-state index contributed by atoms with van der Waals surface area (Å²) in [6.45, 7) is 11.0. The number of amides is 1.